The summed E-state index contributed by atoms with van der Waals surface area (Å²) >= 11 is 5.47. The molecule has 0 radical (unpaired) electrons. The highest BCUT2D eigenvalue weighted by Gasteiger charge is 2.19. The van der Waals surface area contributed by atoms with Gasteiger partial charge in [0.05, 0.1) is 0 Å². The van der Waals surface area contributed by atoms with Gasteiger partial charge in [-0.15, -0.1) is 0 Å². The van der Waals surface area contributed by atoms with Crippen molar-refractivity contribution in [3.63, 3.8) is 0 Å². The Kier molecular flexibility index (Phi) is 3.65. The van der Waals surface area contributed by atoms with Crippen LogP contribution in [0, 0.1) is 5.82 Å². The van der Waals surface area contributed by atoms with Crippen LogP contribution in [0.5, 0.6) is 0 Å². The molecule has 1 N–H and O–H groups in total. The summed E-state index contributed by atoms with van der Waals surface area (Å²) in [5.41, 5.74) is 3.13. The predicted molar refractivity (Wildman–Crippen MR) is 84.7 cm³/mol. The summed E-state index contributed by atoms with van der Waals surface area (Å²) in [6.07, 6.45) is 2.15. The van der Waals surface area contributed by atoms with E-state index in [1.165, 1.54) is 17.7 Å². The van der Waals surface area contributed by atoms with Gasteiger partial charge in [0, 0.05) is 17.9 Å². The number of aryl methyl sites for hydroxylation is 1. The van der Waals surface area contributed by atoms with E-state index in [2.05, 4.69) is 22.3 Å². The molecule has 0 amide bonds. The third-order valence-corrected chi connectivity index (χ3v) is 3.75. The summed E-state index contributed by atoms with van der Waals surface area (Å²) in [6, 6.07) is 14.6. The first-order valence-electron chi connectivity index (χ1n) is 6.66. The van der Waals surface area contributed by atoms with Gasteiger partial charge in [-0.1, -0.05) is 24.3 Å². The fourth-order valence-electron chi connectivity index (χ4n) is 2.50. The number of benzene rings is 2. The number of hydrogen-bond donors (Lipinski definition) is 1. The van der Waals surface area contributed by atoms with Gasteiger partial charge in [-0.2, -0.15) is 0 Å². The summed E-state index contributed by atoms with van der Waals surface area (Å²) < 4.78 is 13.2. The van der Waals surface area contributed by atoms with Crippen LogP contribution >= 0.6 is 12.2 Å². The van der Waals surface area contributed by atoms with Crippen LogP contribution in [0.15, 0.2) is 48.5 Å². The Hall–Kier alpha value is -1.94. The Labute approximate surface area is 123 Å². The SMILES string of the molecule is Fc1cccc(NC(=S)N2CCCc3ccccc32)c1. The van der Waals surface area contributed by atoms with Gasteiger partial charge >= 0.3 is 0 Å². The summed E-state index contributed by atoms with van der Waals surface area (Å²) in [6.45, 7) is 0.887. The average Bonchev–Trinajstić information content (AvgIpc) is 2.46. The maximum absolute atomic E-state index is 13.2. The number of nitrogens with zero attached hydrogens (tertiary/aromatic N) is 1. The maximum Gasteiger partial charge on any atom is 0.177 e. The van der Waals surface area contributed by atoms with Crippen molar-refractivity contribution in [1.82, 2.24) is 0 Å². The minimum atomic E-state index is -0.267. The van der Waals surface area contributed by atoms with E-state index in [0.29, 0.717) is 10.8 Å². The highest BCUT2D eigenvalue weighted by atomic mass is 32.1. The molecule has 3 rings (SSSR count). The molecule has 0 saturated carbocycles. The molecule has 2 aromatic carbocycles. The predicted octanol–water partition coefficient (Wildman–Crippen LogP) is 3.98. The Balaban J connectivity index is 1.82. The smallest absolute Gasteiger partial charge is 0.177 e. The first-order valence-corrected chi connectivity index (χ1v) is 7.07. The van der Waals surface area contributed by atoms with Gasteiger partial charge in [0.1, 0.15) is 5.82 Å². The molecule has 102 valence electrons. The van der Waals surface area contributed by atoms with Gasteiger partial charge < -0.3 is 10.2 Å². The number of anilines is 2. The first kappa shape index (κ1) is 13.1. The third kappa shape index (κ3) is 2.65. The van der Waals surface area contributed by atoms with Crippen LogP contribution in [-0.2, 0) is 6.42 Å². The Morgan fingerprint density at radius 3 is 2.85 bits per heavy atom. The minimum absolute atomic E-state index is 0.267. The molecule has 4 heteroatoms. The number of fused-ring (bicyclic) bond motifs is 1. The lowest BCUT2D eigenvalue weighted by molar-refractivity contribution is 0.628. The summed E-state index contributed by atoms with van der Waals surface area (Å²) in [5, 5.41) is 3.72. The summed E-state index contributed by atoms with van der Waals surface area (Å²) in [7, 11) is 0. The van der Waals surface area contributed by atoms with Crippen molar-refractivity contribution >= 4 is 28.7 Å². The van der Waals surface area contributed by atoms with Crippen molar-refractivity contribution in [2.75, 3.05) is 16.8 Å². The van der Waals surface area contributed by atoms with Gasteiger partial charge in [0.15, 0.2) is 5.11 Å². The van der Waals surface area contributed by atoms with Gasteiger partial charge in [0.25, 0.3) is 0 Å². The normalized spacial score (nSPS) is 13.8. The van der Waals surface area contributed by atoms with Crippen molar-refractivity contribution in [2.24, 2.45) is 0 Å². The van der Waals surface area contributed by atoms with Gasteiger partial charge in [-0.25, -0.2) is 4.39 Å². The molecule has 0 bridgehead atoms. The van der Waals surface area contributed by atoms with Crippen LogP contribution in [0.2, 0.25) is 0 Å². The molecule has 20 heavy (non-hydrogen) atoms. The van der Waals surface area contributed by atoms with Crippen LogP contribution in [0.3, 0.4) is 0 Å². The molecule has 0 aromatic heterocycles. The number of thiocarbonyl (C=S) groups is 1. The topological polar surface area (TPSA) is 15.3 Å². The molecule has 1 aliphatic heterocycles. The van der Waals surface area contributed by atoms with E-state index in [4.69, 9.17) is 12.2 Å². The maximum atomic E-state index is 13.2. The zero-order chi connectivity index (χ0) is 13.9. The zero-order valence-electron chi connectivity index (χ0n) is 11.0. The lowest BCUT2D eigenvalue weighted by atomic mass is 10.0. The third-order valence-electron chi connectivity index (χ3n) is 3.43. The minimum Gasteiger partial charge on any atom is -0.332 e. The van der Waals surface area contributed by atoms with Crippen LogP contribution in [0.25, 0.3) is 0 Å². The lowest BCUT2D eigenvalue weighted by Gasteiger charge is -2.31. The van der Waals surface area contributed by atoms with E-state index >= 15 is 0 Å². The number of hydrogen-bond acceptors (Lipinski definition) is 1. The molecule has 0 atom stereocenters. The number of rotatable bonds is 1. The van der Waals surface area contributed by atoms with Crippen molar-refractivity contribution in [2.45, 2.75) is 12.8 Å². The summed E-state index contributed by atoms with van der Waals surface area (Å²) in [4.78, 5) is 2.08. The molecule has 1 heterocycles. The van der Waals surface area contributed by atoms with Crippen molar-refractivity contribution in [3.05, 3.63) is 59.9 Å². The van der Waals surface area contributed by atoms with E-state index in [-0.39, 0.29) is 5.82 Å². The van der Waals surface area contributed by atoms with E-state index in [1.54, 1.807) is 6.07 Å². The van der Waals surface area contributed by atoms with E-state index in [1.807, 2.05) is 18.2 Å². The van der Waals surface area contributed by atoms with E-state index in [0.717, 1.165) is 25.1 Å². The first-order chi connectivity index (χ1) is 9.74. The largest absolute Gasteiger partial charge is 0.332 e. The molecule has 0 fully saturated rings. The van der Waals surface area contributed by atoms with Crippen molar-refractivity contribution in [1.29, 1.82) is 0 Å². The second-order valence-electron chi connectivity index (χ2n) is 4.82. The summed E-state index contributed by atoms with van der Waals surface area (Å²) in [5.74, 6) is -0.267. The highest BCUT2D eigenvalue weighted by Crippen LogP contribution is 2.27. The molecular weight excluding hydrogens is 271 g/mol. The van der Waals surface area contributed by atoms with E-state index in [9.17, 15) is 4.39 Å². The Morgan fingerprint density at radius 2 is 2.00 bits per heavy atom. The zero-order valence-corrected chi connectivity index (χ0v) is 11.8. The molecule has 0 aliphatic carbocycles. The van der Waals surface area contributed by atoms with Crippen LogP contribution in [0.4, 0.5) is 15.8 Å². The highest BCUT2D eigenvalue weighted by molar-refractivity contribution is 7.80. The average molecular weight is 286 g/mol. The molecule has 0 unspecified atom stereocenters. The number of nitrogens with one attached hydrogen (secondary N) is 1. The molecule has 0 spiro atoms. The van der Waals surface area contributed by atoms with Crippen molar-refractivity contribution < 1.29 is 4.39 Å². The van der Waals surface area contributed by atoms with Crippen LogP contribution < -0.4 is 10.2 Å². The Morgan fingerprint density at radius 1 is 1.15 bits per heavy atom. The monoisotopic (exact) mass is 286 g/mol. The Bertz CT molecular complexity index is 642. The van der Waals surface area contributed by atoms with Gasteiger partial charge in [-0.05, 0) is 54.9 Å². The number of halogens is 1. The molecule has 2 aromatic rings. The second-order valence-corrected chi connectivity index (χ2v) is 5.21. The molecule has 2 nitrogen and oxygen atoms in total. The second kappa shape index (κ2) is 5.59. The molecular formula is C16H15FN2S. The molecule has 0 saturated heterocycles. The number of para-hydroxylation sites is 1. The quantitative estimate of drug-likeness (QED) is 0.798. The molecule has 1 aliphatic rings. The fourth-order valence-corrected chi connectivity index (χ4v) is 2.81. The van der Waals surface area contributed by atoms with Crippen molar-refractivity contribution in [3.8, 4) is 0 Å². The van der Waals surface area contributed by atoms with Gasteiger partial charge in [0.2, 0.25) is 0 Å². The van der Waals surface area contributed by atoms with Gasteiger partial charge in [-0.3, -0.25) is 0 Å². The fraction of sp³-hybridized carbons (Fsp3) is 0.188. The van der Waals surface area contributed by atoms with Crippen LogP contribution in [0.1, 0.15) is 12.0 Å². The standard InChI is InChI=1S/C16H15FN2S/c17-13-7-3-8-14(11-13)18-16(20)19-10-4-6-12-5-1-2-9-15(12)19/h1-3,5,7-9,11H,4,6,10H2,(H,18,20). The van der Waals surface area contributed by atoms with Crippen LogP contribution in [-0.4, -0.2) is 11.7 Å². The lowest BCUT2D eigenvalue weighted by Crippen LogP contribution is -2.38. The van der Waals surface area contributed by atoms with E-state index < -0.39 is 0 Å².